The van der Waals surface area contributed by atoms with E-state index in [1.54, 1.807) is 24.3 Å². The molecule has 0 aliphatic heterocycles. The second kappa shape index (κ2) is 7.98. The predicted octanol–water partition coefficient (Wildman–Crippen LogP) is 2.94. The molecule has 1 heterocycles. The molecule has 3 rings (SSSR count). The zero-order valence-electron chi connectivity index (χ0n) is 14.1. The summed E-state index contributed by atoms with van der Waals surface area (Å²) in [6.07, 6.45) is 1.44. The zero-order chi connectivity index (χ0) is 18.4. The molecule has 26 heavy (non-hydrogen) atoms. The van der Waals surface area contributed by atoms with Crippen LogP contribution in [0.5, 0.6) is 11.5 Å². The van der Waals surface area contributed by atoms with Crippen molar-refractivity contribution in [3.8, 4) is 22.8 Å². The average molecular weight is 350 g/mol. The number of ether oxygens (including phenoxy) is 1. The van der Waals surface area contributed by atoms with E-state index in [2.05, 4.69) is 20.7 Å². The van der Waals surface area contributed by atoms with E-state index in [4.69, 9.17) is 4.74 Å². The summed E-state index contributed by atoms with van der Waals surface area (Å²) in [6.45, 7) is 2.45. The molecule has 0 fully saturated rings. The van der Waals surface area contributed by atoms with Gasteiger partial charge in [-0.05, 0) is 42.8 Å². The highest BCUT2D eigenvalue weighted by Crippen LogP contribution is 2.28. The first-order valence-corrected chi connectivity index (χ1v) is 8.07. The van der Waals surface area contributed by atoms with E-state index in [0.717, 1.165) is 5.56 Å². The molecule has 2 aromatic carbocycles. The summed E-state index contributed by atoms with van der Waals surface area (Å²) in [6, 6.07) is 15.7. The number of aromatic amines is 1. The second-order valence-corrected chi connectivity index (χ2v) is 5.39. The molecule has 0 saturated carbocycles. The lowest BCUT2D eigenvalue weighted by atomic mass is 10.1. The number of hydrogen-bond donors (Lipinski definition) is 3. The van der Waals surface area contributed by atoms with Crippen LogP contribution in [0.25, 0.3) is 11.3 Å². The van der Waals surface area contributed by atoms with E-state index in [1.165, 1.54) is 12.3 Å². The lowest BCUT2D eigenvalue weighted by molar-refractivity contribution is 0.0950. The molecule has 7 heteroatoms. The third-order valence-corrected chi connectivity index (χ3v) is 3.54. The van der Waals surface area contributed by atoms with Crippen LogP contribution in [0.15, 0.2) is 59.7 Å². The van der Waals surface area contributed by atoms with E-state index in [9.17, 15) is 9.90 Å². The fraction of sp³-hybridized carbons (Fsp3) is 0.105. The number of aromatic nitrogens is 2. The van der Waals surface area contributed by atoms with Crippen LogP contribution in [0.2, 0.25) is 0 Å². The Morgan fingerprint density at radius 1 is 1.27 bits per heavy atom. The maximum absolute atomic E-state index is 12.2. The van der Waals surface area contributed by atoms with Gasteiger partial charge < -0.3 is 9.84 Å². The Balaban J connectivity index is 1.70. The van der Waals surface area contributed by atoms with Gasteiger partial charge in [0, 0.05) is 5.56 Å². The molecule has 7 nitrogen and oxygen atoms in total. The quantitative estimate of drug-likeness (QED) is 0.470. The molecule has 132 valence electrons. The molecule has 1 amide bonds. The van der Waals surface area contributed by atoms with Gasteiger partial charge in [0.25, 0.3) is 5.91 Å². The minimum atomic E-state index is -0.422. The number of amides is 1. The molecule has 0 aliphatic rings. The Labute approximate surface area is 150 Å². The number of phenolic OH excluding ortho intramolecular Hbond substituents is 1. The highest BCUT2D eigenvalue weighted by Gasteiger charge is 2.13. The van der Waals surface area contributed by atoms with Crippen LogP contribution in [0, 0.1) is 0 Å². The molecule has 3 N–H and O–H groups in total. The minimum absolute atomic E-state index is 0.131. The first-order valence-electron chi connectivity index (χ1n) is 8.07. The van der Waals surface area contributed by atoms with Crippen LogP contribution < -0.4 is 10.2 Å². The summed E-state index contributed by atoms with van der Waals surface area (Å²) in [5.74, 6) is 0.413. The van der Waals surface area contributed by atoms with Gasteiger partial charge in [0.05, 0.1) is 18.5 Å². The number of aromatic hydroxyl groups is 1. The number of carbonyl (C=O) groups excluding carboxylic acids is 1. The number of phenols is 1. The van der Waals surface area contributed by atoms with Gasteiger partial charge in [-0.3, -0.25) is 9.89 Å². The van der Waals surface area contributed by atoms with Crippen molar-refractivity contribution in [1.29, 1.82) is 0 Å². The predicted molar refractivity (Wildman–Crippen MR) is 98.4 cm³/mol. The van der Waals surface area contributed by atoms with Crippen LogP contribution in [-0.4, -0.2) is 34.0 Å². The van der Waals surface area contributed by atoms with Crippen LogP contribution in [0.1, 0.15) is 23.0 Å². The lowest BCUT2D eigenvalue weighted by Gasteiger charge is -2.07. The topological polar surface area (TPSA) is 99.6 Å². The SMILES string of the molecule is CCOc1ccccc1-c1cc(C(=O)NN=Cc2cccc(O)c2)[nH]n1. The Morgan fingerprint density at radius 3 is 2.92 bits per heavy atom. The number of carbonyl (C=O) groups is 1. The van der Waals surface area contributed by atoms with Crippen molar-refractivity contribution in [2.45, 2.75) is 6.92 Å². The van der Waals surface area contributed by atoms with E-state index in [-0.39, 0.29) is 11.4 Å². The van der Waals surface area contributed by atoms with E-state index >= 15 is 0 Å². The summed E-state index contributed by atoms with van der Waals surface area (Å²) in [5, 5.41) is 20.2. The average Bonchev–Trinajstić information content (AvgIpc) is 3.12. The van der Waals surface area contributed by atoms with Gasteiger partial charge in [-0.25, -0.2) is 5.43 Å². The minimum Gasteiger partial charge on any atom is -0.508 e. The smallest absolute Gasteiger partial charge is 0.289 e. The molecule has 1 aromatic heterocycles. The Hall–Kier alpha value is -3.61. The van der Waals surface area contributed by atoms with Crippen LogP contribution >= 0.6 is 0 Å². The third-order valence-electron chi connectivity index (χ3n) is 3.54. The van der Waals surface area contributed by atoms with Crippen molar-refractivity contribution in [3.63, 3.8) is 0 Å². The van der Waals surface area contributed by atoms with Crippen LogP contribution in [0.3, 0.4) is 0 Å². The van der Waals surface area contributed by atoms with Gasteiger partial charge in [0.2, 0.25) is 0 Å². The molecule has 0 bridgehead atoms. The van der Waals surface area contributed by atoms with Crippen molar-refractivity contribution in [2.75, 3.05) is 6.61 Å². The van der Waals surface area contributed by atoms with Gasteiger partial charge in [0.1, 0.15) is 17.2 Å². The number of H-pyrrole nitrogens is 1. The fourth-order valence-corrected chi connectivity index (χ4v) is 2.37. The lowest BCUT2D eigenvalue weighted by Crippen LogP contribution is -2.17. The molecule has 3 aromatic rings. The maximum atomic E-state index is 12.2. The largest absolute Gasteiger partial charge is 0.508 e. The van der Waals surface area contributed by atoms with E-state index in [1.807, 2.05) is 31.2 Å². The van der Waals surface area contributed by atoms with Crippen LogP contribution in [0.4, 0.5) is 0 Å². The summed E-state index contributed by atoms with van der Waals surface area (Å²) >= 11 is 0. The summed E-state index contributed by atoms with van der Waals surface area (Å²) in [7, 11) is 0. The standard InChI is InChI=1S/C19H18N4O3/c1-2-26-18-9-4-3-8-15(18)16-11-17(22-21-16)19(25)23-20-12-13-6-5-7-14(24)10-13/h3-12,24H,2H2,1H3,(H,21,22)(H,23,25). The van der Waals surface area contributed by atoms with Gasteiger partial charge in [0.15, 0.2) is 0 Å². The van der Waals surface area contributed by atoms with Gasteiger partial charge in [-0.15, -0.1) is 0 Å². The van der Waals surface area contributed by atoms with Crippen molar-refractivity contribution >= 4 is 12.1 Å². The normalized spacial score (nSPS) is 10.8. The Morgan fingerprint density at radius 2 is 2.12 bits per heavy atom. The van der Waals surface area contributed by atoms with Crippen molar-refractivity contribution in [3.05, 3.63) is 65.9 Å². The summed E-state index contributed by atoms with van der Waals surface area (Å²) in [4.78, 5) is 12.2. The monoisotopic (exact) mass is 350 g/mol. The first kappa shape index (κ1) is 17.2. The summed E-state index contributed by atoms with van der Waals surface area (Å²) < 4.78 is 5.59. The molecule has 0 saturated heterocycles. The van der Waals surface area contributed by atoms with Crippen LogP contribution in [-0.2, 0) is 0 Å². The van der Waals surface area contributed by atoms with Crippen molar-refractivity contribution < 1.29 is 14.6 Å². The molecule has 0 atom stereocenters. The highest BCUT2D eigenvalue weighted by atomic mass is 16.5. The van der Waals surface area contributed by atoms with E-state index in [0.29, 0.717) is 23.6 Å². The van der Waals surface area contributed by atoms with E-state index < -0.39 is 5.91 Å². The number of rotatable bonds is 6. The molecular formula is C19H18N4O3. The Kier molecular flexibility index (Phi) is 5.28. The molecular weight excluding hydrogens is 332 g/mol. The van der Waals surface area contributed by atoms with Crippen molar-refractivity contribution in [1.82, 2.24) is 15.6 Å². The molecule has 0 aliphatic carbocycles. The van der Waals surface area contributed by atoms with Gasteiger partial charge >= 0.3 is 0 Å². The van der Waals surface area contributed by atoms with Gasteiger partial charge in [-0.2, -0.15) is 10.2 Å². The zero-order valence-corrected chi connectivity index (χ0v) is 14.1. The number of para-hydroxylation sites is 1. The first-order chi connectivity index (χ1) is 12.7. The third kappa shape index (κ3) is 4.07. The molecule has 0 spiro atoms. The number of nitrogens with one attached hydrogen (secondary N) is 2. The fourth-order valence-electron chi connectivity index (χ4n) is 2.37. The summed E-state index contributed by atoms with van der Waals surface area (Å²) in [5.41, 5.74) is 4.77. The van der Waals surface area contributed by atoms with Crippen molar-refractivity contribution in [2.24, 2.45) is 5.10 Å². The maximum Gasteiger partial charge on any atom is 0.289 e. The second-order valence-electron chi connectivity index (χ2n) is 5.39. The molecule has 0 unspecified atom stereocenters. The molecule has 0 radical (unpaired) electrons. The number of nitrogens with zero attached hydrogens (tertiary/aromatic N) is 2. The number of benzene rings is 2. The number of hydrazone groups is 1. The Bertz CT molecular complexity index is 934. The van der Waals surface area contributed by atoms with Gasteiger partial charge in [-0.1, -0.05) is 24.3 Å². The highest BCUT2D eigenvalue weighted by molar-refractivity contribution is 5.94. The number of hydrogen-bond acceptors (Lipinski definition) is 5.